The van der Waals surface area contributed by atoms with Crippen LogP contribution in [0.15, 0.2) is 0 Å². The highest BCUT2D eigenvalue weighted by Crippen LogP contribution is 2.40. The highest BCUT2D eigenvalue weighted by atomic mass is 16.5. The van der Waals surface area contributed by atoms with Crippen LogP contribution in [0.2, 0.25) is 0 Å². The number of piperidine rings is 1. The maximum absolute atomic E-state index is 6.20. The Balaban J connectivity index is 2.05. The molecule has 0 aromatic rings. The van der Waals surface area contributed by atoms with Crippen LogP contribution in [-0.4, -0.2) is 42.8 Å². The Morgan fingerprint density at radius 3 is 2.47 bits per heavy atom. The zero-order chi connectivity index (χ0) is 13.9. The number of hydrogen-bond donors (Lipinski definition) is 1. The average Bonchev–Trinajstić information content (AvgIpc) is 2.47. The molecular formula is C16H32N2O. The first kappa shape index (κ1) is 15.3. The Morgan fingerprint density at radius 1 is 1.26 bits per heavy atom. The molecule has 1 unspecified atom stereocenters. The van der Waals surface area contributed by atoms with Crippen molar-refractivity contribution < 1.29 is 4.74 Å². The summed E-state index contributed by atoms with van der Waals surface area (Å²) in [7, 11) is 1.85. The van der Waals surface area contributed by atoms with Crippen LogP contribution in [0.3, 0.4) is 0 Å². The lowest BCUT2D eigenvalue weighted by molar-refractivity contribution is -0.0895. The quantitative estimate of drug-likeness (QED) is 0.852. The number of nitrogens with two attached hydrogens (primary N) is 1. The molecule has 1 saturated heterocycles. The van der Waals surface area contributed by atoms with Gasteiger partial charge in [-0.15, -0.1) is 0 Å². The lowest BCUT2D eigenvalue weighted by Gasteiger charge is -2.52. The summed E-state index contributed by atoms with van der Waals surface area (Å²) in [4.78, 5) is 2.66. The van der Waals surface area contributed by atoms with Gasteiger partial charge in [-0.05, 0) is 57.9 Å². The van der Waals surface area contributed by atoms with E-state index in [0.717, 1.165) is 19.0 Å². The second-order valence-corrected chi connectivity index (χ2v) is 6.96. The van der Waals surface area contributed by atoms with Crippen molar-refractivity contribution in [1.29, 1.82) is 0 Å². The molecular weight excluding hydrogens is 236 g/mol. The molecule has 0 amide bonds. The molecule has 3 nitrogen and oxygen atoms in total. The van der Waals surface area contributed by atoms with E-state index in [2.05, 4.69) is 18.7 Å². The van der Waals surface area contributed by atoms with Crippen molar-refractivity contribution in [2.24, 2.45) is 11.7 Å². The molecule has 0 bridgehead atoms. The lowest BCUT2D eigenvalue weighted by Crippen LogP contribution is -2.61. The monoisotopic (exact) mass is 268 g/mol. The van der Waals surface area contributed by atoms with Gasteiger partial charge in [0.1, 0.15) is 0 Å². The molecule has 1 saturated carbocycles. The molecule has 2 aliphatic rings. The fourth-order valence-electron chi connectivity index (χ4n) is 4.05. The highest BCUT2D eigenvalue weighted by Gasteiger charge is 2.43. The van der Waals surface area contributed by atoms with Crippen molar-refractivity contribution >= 4 is 0 Å². The summed E-state index contributed by atoms with van der Waals surface area (Å²) in [5.74, 6) is 0.929. The largest absolute Gasteiger partial charge is 0.377 e. The predicted molar refractivity (Wildman–Crippen MR) is 80.3 cm³/mol. The number of likely N-dealkylation sites (tertiary alicyclic amines) is 1. The van der Waals surface area contributed by atoms with Gasteiger partial charge in [-0.2, -0.15) is 0 Å². The van der Waals surface area contributed by atoms with E-state index >= 15 is 0 Å². The van der Waals surface area contributed by atoms with Crippen molar-refractivity contribution in [2.75, 3.05) is 26.7 Å². The summed E-state index contributed by atoms with van der Waals surface area (Å²) in [6.45, 7) is 7.64. The summed E-state index contributed by atoms with van der Waals surface area (Å²) in [5.41, 5.74) is 6.49. The fourth-order valence-corrected chi connectivity index (χ4v) is 4.05. The van der Waals surface area contributed by atoms with Crippen molar-refractivity contribution in [3.63, 3.8) is 0 Å². The molecule has 3 heteroatoms. The van der Waals surface area contributed by atoms with E-state index in [0.29, 0.717) is 0 Å². The molecule has 112 valence electrons. The second kappa shape index (κ2) is 6.11. The molecule has 2 fully saturated rings. The first-order valence-electron chi connectivity index (χ1n) is 8.08. The summed E-state index contributed by atoms with van der Waals surface area (Å²) < 4.78 is 5.75. The molecule has 19 heavy (non-hydrogen) atoms. The highest BCUT2D eigenvalue weighted by molar-refractivity contribution is 5.00. The third-order valence-electron chi connectivity index (χ3n) is 5.82. The summed E-state index contributed by atoms with van der Waals surface area (Å²) in [6.07, 6.45) is 9.02. The molecule has 0 radical (unpaired) electrons. The van der Waals surface area contributed by atoms with E-state index in [1.54, 1.807) is 0 Å². The predicted octanol–water partition coefficient (Wildman–Crippen LogP) is 2.79. The van der Waals surface area contributed by atoms with Gasteiger partial charge in [0.2, 0.25) is 0 Å². The van der Waals surface area contributed by atoms with Crippen molar-refractivity contribution in [3.05, 3.63) is 0 Å². The molecule has 2 N–H and O–H groups in total. The molecule has 1 atom stereocenters. The van der Waals surface area contributed by atoms with Crippen molar-refractivity contribution in [3.8, 4) is 0 Å². The number of rotatable bonds is 4. The molecule has 0 aromatic heterocycles. The normalized spacial score (nSPS) is 41.4. The van der Waals surface area contributed by atoms with Gasteiger partial charge in [-0.3, -0.25) is 4.90 Å². The molecule has 1 aliphatic heterocycles. The molecule has 0 spiro atoms. The fraction of sp³-hybridized carbons (Fsp3) is 1.00. The molecule has 0 aromatic carbocycles. The van der Waals surface area contributed by atoms with Gasteiger partial charge in [0.15, 0.2) is 0 Å². The Hall–Kier alpha value is -0.120. The third-order valence-corrected chi connectivity index (χ3v) is 5.82. The number of methoxy groups -OCH3 is 1. The minimum Gasteiger partial charge on any atom is -0.377 e. The Kier molecular flexibility index (Phi) is 4.91. The van der Waals surface area contributed by atoms with E-state index in [1.165, 1.54) is 51.5 Å². The van der Waals surface area contributed by atoms with Gasteiger partial charge in [0.25, 0.3) is 0 Å². The van der Waals surface area contributed by atoms with Crippen LogP contribution in [0.4, 0.5) is 0 Å². The smallest absolute Gasteiger partial charge is 0.0777 e. The summed E-state index contributed by atoms with van der Waals surface area (Å²) >= 11 is 0. The Bertz CT molecular complexity index is 286. The summed E-state index contributed by atoms with van der Waals surface area (Å²) in [5, 5.41) is 0. The van der Waals surface area contributed by atoms with Crippen LogP contribution in [0.5, 0.6) is 0 Å². The average molecular weight is 268 g/mol. The maximum atomic E-state index is 6.20. The third kappa shape index (κ3) is 3.14. The zero-order valence-electron chi connectivity index (χ0n) is 13.1. The first-order valence-corrected chi connectivity index (χ1v) is 8.08. The lowest BCUT2D eigenvalue weighted by atomic mass is 9.73. The van der Waals surface area contributed by atoms with E-state index < -0.39 is 0 Å². The summed E-state index contributed by atoms with van der Waals surface area (Å²) in [6, 6.07) is 0. The van der Waals surface area contributed by atoms with Crippen LogP contribution >= 0.6 is 0 Å². The minimum atomic E-state index is 0.0298. The van der Waals surface area contributed by atoms with Crippen LogP contribution in [0.25, 0.3) is 0 Å². The van der Waals surface area contributed by atoms with Gasteiger partial charge in [-0.25, -0.2) is 0 Å². The number of nitrogens with zero attached hydrogens (tertiary/aromatic N) is 1. The standard InChI is InChI=1S/C16H32N2O/c1-4-14-6-9-16(12-17,10-7-14)18-11-5-8-15(2,13-18)19-3/h14H,4-13,17H2,1-3H3. The first-order chi connectivity index (χ1) is 9.07. The van der Waals surface area contributed by atoms with Gasteiger partial charge in [0.05, 0.1) is 5.60 Å². The minimum absolute atomic E-state index is 0.0298. The van der Waals surface area contributed by atoms with Crippen molar-refractivity contribution in [2.45, 2.75) is 69.9 Å². The van der Waals surface area contributed by atoms with Gasteiger partial charge >= 0.3 is 0 Å². The van der Waals surface area contributed by atoms with Crippen LogP contribution in [-0.2, 0) is 4.74 Å². The van der Waals surface area contributed by atoms with Gasteiger partial charge in [0, 0.05) is 25.7 Å². The van der Waals surface area contributed by atoms with Crippen LogP contribution in [0, 0.1) is 5.92 Å². The molecule has 2 rings (SSSR count). The number of ether oxygens (including phenoxy) is 1. The van der Waals surface area contributed by atoms with E-state index in [4.69, 9.17) is 10.5 Å². The second-order valence-electron chi connectivity index (χ2n) is 6.96. The SMILES string of the molecule is CCC1CCC(CN)(N2CCCC(C)(OC)C2)CC1. The Morgan fingerprint density at radius 2 is 1.95 bits per heavy atom. The van der Waals surface area contributed by atoms with E-state index in [-0.39, 0.29) is 11.1 Å². The van der Waals surface area contributed by atoms with E-state index in [1.807, 2.05) is 7.11 Å². The van der Waals surface area contributed by atoms with Gasteiger partial charge < -0.3 is 10.5 Å². The van der Waals surface area contributed by atoms with Crippen molar-refractivity contribution in [1.82, 2.24) is 4.90 Å². The van der Waals surface area contributed by atoms with Gasteiger partial charge in [-0.1, -0.05) is 13.3 Å². The maximum Gasteiger partial charge on any atom is 0.0777 e. The van der Waals surface area contributed by atoms with E-state index in [9.17, 15) is 0 Å². The molecule has 1 heterocycles. The van der Waals surface area contributed by atoms with Crippen LogP contribution in [0.1, 0.15) is 58.8 Å². The van der Waals surface area contributed by atoms with Crippen LogP contribution < -0.4 is 5.73 Å². The topological polar surface area (TPSA) is 38.5 Å². The molecule has 1 aliphatic carbocycles. The number of hydrogen-bond acceptors (Lipinski definition) is 3. The zero-order valence-corrected chi connectivity index (χ0v) is 13.1. The Labute approximate surface area is 118 Å².